The summed E-state index contributed by atoms with van der Waals surface area (Å²) in [4.78, 5) is 3.77. The van der Waals surface area contributed by atoms with Crippen LogP contribution < -0.4 is 5.32 Å². The van der Waals surface area contributed by atoms with E-state index in [1.807, 2.05) is 13.0 Å². The second kappa shape index (κ2) is 3.93. The molecule has 0 unspecified atom stereocenters. The van der Waals surface area contributed by atoms with Crippen LogP contribution in [0.15, 0.2) is 12.3 Å². The van der Waals surface area contributed by atoms with Crippen molar-refractivity contribution in [3.8, 4) is 0 Å². The fourth-order valence-electron chi connectivity index (χ4n) is 0.864. The molecule has 0 aliphatic carbocycles. The van der Waals surface area contributed by atoms with Gasteiger partial charge in [0.15, 0.2) is 0 Å². The van der Waals surface area contributed by atoms with Crippen LogP contribution in [0.4, 0.5) is 5.69 Å². The van der Waals surface area contributed by atoms with E-state index in [0.29, 0.717) is 5.56 Å². The van der Waals surface area contributed by atoms with Crippen LogP contribution in [0, 0.1) is 6.20 Å². The van der Waals surface area contributed by atoms with E-state index in [2.05, 4.69) is 16.5 Å². The van der Waals surface area contributed by atoms with Crippen LogP contribution in [0.3, 0.4) is 0 Å². The highest BCUT2D eigenvalue weighted by molar-refractivity contribution is 5.48. The lowest BCUT2D eigenvalue weighted by molar-refractivity contribution is 0.281. The molecule has 1 rings (SSSR count). The Kier molecular flexibility index (Phi) is 2.86. The van der Waals surface area contributed by atoms with Crippen molar-refractivity contribution in [1.29, 1.82) is 0 Å². The van der Waals surface area contributed by atoms with Gasteiger partial charge in [0.2, 0.25) is 0 Å². The second-order valence-corrected chi connectivity index (χ2v) is 2.14. The molecule has 0 aliphatic rings. The normalized spacial score (nSPS) is 9.64. The Morgan fingerprint density at radius 2 is 2.55 bits per heavy atom. The summed E-state index contributed by atoms with van der Waals surface area (Å²) in [6, 6.07) is 1.82. The zero-order chi connectivity index (χ0) is 8.10. The fourth-order valence-corrected chi connectivity index (χ4v) is 0.864. The van der Waals surface area contributed by atoms with Gasteiger partial charge in [0.05, 0.1) is 12.8 Å². The molecule has 1 radical (unpaired) electrons. The number of aliphatic hydroxyl groups is 1. The van der Waals surface area contributed by atoms with E-state index in [9.17, 15) is 0 Å². The smallest absolute Gasteiger partial charge is 0.0966 e. The van der Waals surface area contributed by atoms with Gasteiger partial charge in [0, 0.05) is 24.0 Å². The minimum absolute atomic E-state index is 0.0177. The van der Waals surface area contributed by atoms with Gasteiger partial charge in [-0.2, -0.15) is 0 Å². The average Bonchev–Trinajstić information content (AvgIpc) is 2.06. The Balaban J connectivity index is 2.83. The average molecular weight is 151 g/mol. The lowest BCUT2D eigenvalue weighted by Crippen LogP contribution is -2.01. The third-order valence-electron chi connectivity index (χ3n) is 1.37. The largest absolute Gasteiger partial charge is 0.392 e. The Bertz CT molecular complexity index is 225. The Morgan fingerprint density at radius 1 is 1.73 bits per heavy atom. The summed E-state index contributed by atoms with van der Waals surface area (Å²) in [7, 11) is 0. The molecule has 0 fully saturated rings. The maximum absolute atomic E-state index is 8.83. The lowest BCUT2D eigenvalue weighted by atomic mass is 10.2. The lowest BCUT2D eigenvalue weighted by Gasteiger charge is -2.05. The van der Waals surface area contributed by atoms with Crippen molar-refractivity contribution in [3.05, 3.63) is 24.0 Å². The SMILES string of the molecule is CCNc1ccn[c]c1CO. The first-order valence-corrected chi connectivity index (χ1v) is 3.58. The van der Waals surface area contributed by atoms with E-state index in [-0.39, 0.29) is 6.61 Å². The highest BCUT2D eigenvalue weighted by Crippen LogP contribution is 2.11. The minimum Gasteiger partial charge on any atom is -0.392 e. The van der Waals surface area contributed by atoms with Gasteiger partial charge in [-0.1, -0.05) is 0 Å². The van der Waals surface area contributed by atoms with Crippen molar-refractivity contribution < 1.29 is 5.11 Å². The highest BCUT2D eigenvalue weighted by atomic mass is 16.3. The van der Waals surface area contributed by atoms with Gasteiger partial charge in [-0.15, -0.1) is 0 Å². The van der Waals surface area contributed by atoms with E-state index in [4.69, 9.17) is 5.11 Å². The van der Waals surface area contributed by atoms with Gasteiger partial charge >= 0.3 is 0 Å². The number of anilines is 1. The molecule has 11 heavy (non-hydrogen) atoms. The molecule has 0 saturated heterocycles. The number of nitrogens with zero attached hydrogens (tertiary/aromatic N) is 1. The predicted octanol–water partition coefficient (Wildman–Crippen LogP) is 0.806. The van der Waals surface area contributed by atoms with Crippen LogP contribution in [0.2, 0.25) is 0 Å². The number of rotatable bonds is 3. The number of hydrogen-bond acceptors (Lipinski definition) is 3. The van der Waals surface area contributed by atoms with Gasteiger partial charge in [0.1, 0.15) is 0 Å². The van der Waals surface area contributed by atoms with E-state index in [1.54, 1.807) is 6.20 Å². The summed E-state index contributed by atoms with van der Waals surface area (Å²) in [6.45, 7) is 2.82. The molecule has 0 saturated carbocycles. The summed E-state index contributed by atoms with van der Waals surface area (Å²) in [5.74, 6) is 0. The number of aromatic nitrogens is 1. The first kappa shape index (κ1) is 8.01. The van der Waals surface area contributed by atoms with Gasteiger partial charge in [-0.25, -0.2) is 0 Å². The van der Waals surface area contributed by atoms with Crippen molar-refractivity contribution in [2.45, 2.75) is 13.5 Å². The molecular weight excluding hydrogens is 140 g/mol. The molecule has 2 N–H and O–H groups in total. The van der Waals surface area contributed by atoms with Crippen molar-refractivity contribution in [1.82, 2.24) is 4.98 Å². The molecule has 0 aromatic carbocycles. The molecule has 0 amide bonds. The van der Waals surface area contributed by atoms with Crippen molar-refractivity contribution >= 4 is 5.69 Å². The number of aliphatic hydroxyl groups excluding tert-OH is 1. The van der Waals surface area contributed by atoms with E-state index < -0.39 is 0 Å². The first-order valence-electron chi connectivity index (χ1n) is 3.58. The number of nitrogens with one attached hydrogen (secondary N) is 1. The third kappa shape index (κ3) is 1.91. The molecule has 0 bridgehead atoms. The molecule has 0 atom stereocenters. The summed E-state index contributed by atoms with van der Waals surface area (Å²) in [6.07, 6.45) is 4.36. The predicted molar refractivity (Wildman–Crippen MR) is 43.2 cm³/mol. The molecule has 1 heterocycles. The van der Waals surface area contributed by atoms with Crippen LogP contribution >= 0.6 is 0 Å². The quantitative estimate of drug-likeness (QED) is 0.671. The minimum atomic E-state index is -0.0177. The van der Waals surface area contributed by atoms with Crippen molar-refractivity contribution in [2.75, 3.05) is 11.9 Å². The summed E-state index contributed by atoms with van der Waals surface area (Å²) >= 11 is 0. The summed E-state index contributed by atoms with van der Waals surface area (Å²) < 4.78 is 0. The molecule has 0 aliphatic heterocycles. The first-order chi connectivity index (χ1) is 5.38. The molecule has 0 spiro atoms. The van der Waals surface area contributed by atoms with Crippen molar-refractivity contribution in [2.24, 2.45) is 0 Å². The Morgan fingerprint density at radius 3 is 3.18 bits per heavy atom. The van der Waals surface area contributed by atoms with Crippen LogP contribution in [0.25, 0.3) is 0 Å². The topological polar surface area (TPSA) is 45.2 Å². The molecule has 59 valence electrons. The van der Waals surface area contributed by atoms with E-state index in [0.717, 1.165) is 12.2 Å². The monoisotopic (exact) mass is 151 g/mol. The maximum atomic E-state index is 8.83. The van der Waals surface area contributed by atoms with Gasteiger partial charge in [-0.3, -0.25) is 4.98 Å². The molecule has 1 aromatic heterocycles. The third-order valence-corrected chi connectivity index (χ3v) is 1.37. The van der Waals surface area contributed by atoms with Crippen LogP contribution in [0.5, 0.6) is 0 Å². The molecule has 1 aromatic rings. The zero-order valence-electron chi connectivity index (χ0n) is 6.46. The fraction of sp³-hybridized carbons (Fsp3) is 0.375. The van der Waals surface area contributed by atoms with Gasteiger partial charge < -0.3 is 10.4 Å². The van der Waals surface area contributed by atoms with Crippen LogP contribution in [-0.2, 0) is 6.61 Å². The molecular formula is C8H11N2O. The second-order valence-electron chi connectivity index (χ2n) is 2.14. The van der Waals surface area contributed by atoms with E-state index in [1.165, 1.54) is 0 Å². The number of hydrogen-bond donors (Lipinski definition) is 2. The Hall–Kier alpha value is -1.09. The summed E-state index contributed by atoms with van der Waals surface area (Å²) in [5, 5.41) is 11.9. The Labute approximate surface area is 66.1 Å². The van der Waals surface area contributed by atoms with Gasteiger partial charge in [0.25, 0.3) is 0 Å². The highest BCUT2D eigenvalue weighted by Gasteiger charge is 1.97. The zero-order valence-corrected chi connectivity index (χ0v) is 6.46. The standard InChI is InChI=1S/C8H11N2O/c1-2-10-8-3-4-9-5-7(8)6-11/h3-4,11H,2,6H2,1H3,(H,9,10). The molecule has 3 heteroatoms. The maximum Gasteiger partial charge on any atom is 0.0966 e. The number of pyridine rings is 1. The van der Waals surface area contributed by atoms with Crippen LogP contribution in [0.1, 0.15) is 12.5 Å². The van der Waals surface area contributed by atoms with Crippen molar-refractivity contribution in [3.63, 3.8) is 0 Å². The molecule has 3 nitrogen and oxygen atoms in total. The van der Waals surface area contributed by atoms with E-state index >= 15 is 0 Å². The summed E-state index contributed by atoms with van der Waals surface area (Å²) in [5.41, 5.74) is 1.62. The van der Waals surface area contributed by atoms with Crippen LogP contribution in [-0.4, -0.2) is 16.6 Å². The van der Waals surface area contributed by atoms with Gasteiger partial charge in [-0.05, 0) is 13.0 Å².